The van der Waals surface area contributed by atoms with Crippen molar-refractivity contribution in [3.63, 3.8) is 0 Å². The Morgan fingerprint density at radius 3 is 2.80 bits per heavy atom. The number of hydrogen-bond donors (Lipinski definition) is 2. The van der Waals surface area contributed by atoms with Crippen LogP contribution in [-0.2, 0) is 4.79 Å². The van der Waals surface area contributed by atoms with Gasteiger partial charge < -0.3 is 15.5 Å². The number of carbonyl (C=O) groups is 1. The van der Waals surface area contributed by atoms with Gasteiger partial charge in [0.25, 0.3) is 0 Å². The molecule has 1 heterocycles. The molecule has 0 spiro atoms. The molecule has 2 rings (SSSR count). The monoisotopic (exact) mass is 319 g/mol. The minimum absolute atomic E-state index is 0. The third-order valence-corrected chi connectivity index (χ3v) is 2.61. The number of hydrogen-bond acceptors (Lipinski definition) is 4. The molecule has 1 aromatic heterocycles. The standard InChI is InChI=1S/C13H17N3O2.2ClH/c1-8(14)3-6-13(17)16-10-4-5-11-12(7-10)18-9(2)15-11;;/h4-5,7-8H,3,6,14H2,1-2H3,(H,16,17);2*1H. The fraction of sp³-hybridized carbons (Fsp3) is 0.385. The predicted octanol–water partition coefficient (Wildman–Crippen LogP) is 3.05. The van der Waals surface area contributed by atoms with Gasteiger partial charge in [-0.15, -0.1) is 24.8 Å². The van der Waals surface area contributed by atoms with Crippen LogP contribution in [0.2, 0.25) is 0 Å². The van der Waals surface area contributed by atoms with Crippen molar-refractivity contribution in [3.8, 4) is 0 Å². The number of aromatic nitrogens is 1. The Balaban J connectivity index is 0.00000180. The number of carbonyl (C=O) groups excluding carboxylic acids is 1. The molecule has 112 valence electrons. The molecule has 0 aliphatic rings. The normalized spacial score (nSPS) is 11.3. The lowest BCUT2D eigenvalue weighted by Crippen LogP contribution is -2.19. The fourth-order valence-electron chi connectivity index (χ4n) is 1.70. The highest BCUT2D eigenvalue weighted by Gasteiger charge is 2.07. The Kier molecular flexibility index (Phi) is 7.57. The van der Waals surface area contributed by atoms with E-state index in [1.807, 2.05) is 19.1 Å². The van der Waals surface area contributed by atoms with E-state index in [1.165, 1.54) is 0 Å². The highest BCUT2D eigenvalue weighted by molar-refractivity contribution is 5.92. The molecule has 0 bridgehead atoms. The third-order valence-electron chi connectivity index (χ3n) is 2.61. The first-order valence-electron chi connectivity index (χ1n) is 5.97. The summed E-state index contributed by atoms with van der Waals surface area (Å²) >= 11 is 0. The van der Waals surface area contributed by atoms with Crippen LogP contribution in [0.25, 0.3) is 11.1 Å². The van der Waals surface area contributed by atoms with Gasteiger partial charge >= 0.3 is 0 Å². The number of nitrogens with zero attached hydrogens (tertiary/aromatic N) is 1. The molecule has 2 aromatic rings. The molecule has 0 aliphatic carbocycles. The number of oxazole rings is 1. The highest BCUT2D eigenvalue weighted by atomic mass is 35.5. The maximum Gasteiger partial charge on any atom is 0.224 e. The van der Waals surface area contributed by atoms with E-state index in [2.05, 4.69) is 10.3 Å². The van der Waals surface area contributed by atoms with E-state index >= 15 is 0 Å². The van der Waals surface area contributed by atoms with Crippen molar-refractivity contribution in [2.24, 2.45) is 5.73 Å². The van der Waals surface area contributed by atoms with Crippen molar-refractivity contribution in [1.29, 1.82) is 0 Å². The summed E-state index contributed by atoms with van der Waals surface area (Å²) in [6.07, 6.45) is 1.10. The SMILES string of the molecule is Cc1nc2ccc(NC(=O)CCC(C)N)cc2o1.Cl.Cl. The van der Waals surface area contributed by atoms with Crippen molar-refractivity contribution >= 4 is 47.5 Å². The van der Waals surface area contributed by atoms with Gasteiger partial charge in [-0.3, -0.25) is 4.79 Å². The summed E-state index contributed by atoms with van der Waals surface area (Å²) in [4.78, 5) is 15.8. The molecule has 0 fully saturated rings. The second-order valence-electron chi connectivity index (χ2n) is 4.48. The van der Waals surface area contributed by atoms with E-state index in [0.717, 1.165) is 5.52 Å². The van der Waals surface area contributed by atoms with Gasteiger partial charge in [0.2, 0.25) is 5.91 Å². The summed E-state index contributed by atoms with van der Waals surface area (Å²) in [5.74, 6) is 0.577. The molecule has 20 heavy (non-hydrogen) atoms. The summed E-state index contributed by atoms with van der Waals surface area (Å²) in [5, 5.41) is 2.82. The second kappa shape index (κ2) is 8.09. The number of nitrogens with two attached hydrogens (primary N) is 1. The summed E-state index contributed by atoms with van der Waals surface area (Å²) in [6.45, 7) is 3.68. The van der Waals surface area contributed by atoms with Crippen molar-refractivity contribution in [1.82, 2.24) is 4.98 Å². The molecule has 0 saturated heterocycles. The maximum atomic E-state index is 11.6. The summed E-state index contributed by atoms with van der Waals surface area (Å²) < 4.78 is 5.41. The van der Waals surface area contributed by atoms with Gasteiger partial charge in [-0.05, 0) is 25.5 Å². The van der Waals surface area contributed by atoms with Gasteiger partial charge in [0.15, 0.2) is 11.5 Å². The minimum atomic E-state index is -0.0390. The molecular formula is C13H19Cl2N3O2. The molecule has 0 aliphatic heterocycles. The Bertz CT molecular complexity index is 570. The largest absolute Gasteiger partial charge is 0.441 e. The van der Waals surface area contributed by atoms with Crippen LogP contribution in [0.15, 0.2) is 22.6 Å². The van der Waals surface area contributed by atoms with E-state index in [-0.39, 0.29) is 36.8 Å². The zero-order valence-corrected chi connectivity index (χ0v) is 13.0. The molecule has 5 nitrogen and oxygen atoms in total. The van der Waals surface area contributed by atoms with Crippen LogP contribution in [0.1, 0.15) is 25.7 Å². The average molecular weight is 320 g/mol. The van der Waals surface area contributed by atoms with Crippen molar-refractivity contribution in [2.75, 3.05) is 5.32 Å². The van der Waals surface area contributed by atoms with Gasteiger partial charge in [0.1, 0.15) is 5.52 Å². The zero-order valence-electron chi connectivity index (χ0n) is 11.4. The Morgan fingerprint density at radius 1 is 1.45 bits per heavy atom. The highest BCUT2D eigenvalue weighted by Crippen LogP contribution is 2.19. The zero-order chi connectivity index (χ0) is 13.1. The molecule has 0 saturated carbocycles. The molecule has 1 aromatic carbocycles. The maximum absolute atomic E-state index is 11.6. The van der Waals surface area contributed by atoms with Gasteiger partial charge in [0.05, 0.1) is 0 Å². The number of halogens is 2. The fourth-order valence-corrected chi connectivity index (χ4v) is 1.70. The molecule has 3 N–H and O–H groups in total. The number of anilines is 1. The predicted molar refractivity (Wildman–Crippen MR) is 84.8 cm³/mol. The third kappa shape index (κ3) is 5.00. The van der Waals surface area contributed by atoms with Crippen molar-refractivity contribution < 1.29 is 9.21 Å². The number of aryl methyl sites for hydroxylation is 1. The van der Waals surface area contributed by atoms with Crippen LogP contribution >= 0.6 is 24.8 Å². The van der Waals surface area contributed by atoms with Crippen LogP contribution in [-0.4, -0.2) is 16.9 Å². The van der Waals surface area contributed by atoms with Crippen molar-refractivity contribution in [3.05, 3.63) is 24.1 Å². The van der Waals surface area contributed by atoms with E-state index in [4.69, 9.17) is 10.2 Å². The number of benzene rings is 1. The summed E-state index contributed by atoms with van der Waals surface area (Å²) in [7, 11) is 0. The van der Waals surface area contributed by atoms with E-state index in [1.54, 1.807) is 13.0 Å². The summed E-state index contributed by atoms with van der Waals surface area (Å²) in [5.41, 5.74) is 7.79. The number of nitrogens with one attached hydrogen (secondary N) is 1. The van der Waals surface area contributed by atoms with Crippen LogP contribution in [0, 0.1) is 6.92 Å². The molecular weight excluding hydrogens is 301 g/mol. The first-order valence-corrected chi connectivity index (χ1v) is 5.97. The van der Waals surface area contributed by atoms with E-state index in [9.17, 15) is 4.79 Å². The smallest absolute Gasteiger partial charge is 0.224 e. The minimum Gasteiger partial charge on any atom is -0.441 e. The van der Waals surface area contributed by atoms with Crippen LogP contribution in [0.3, 0.4) is 0 Å². The molecule has 0 radical (unpaired) electrons. The van der Waals surface area contributed by atoms with Gasteiger partial charge in [-0.2, -0.15) is 0 Å². The average Bonchev–Trinajstić information content (AvgIpc) is 2.66. The van der Waals surface area contributed by atoms with Gasteiger partial charge in [0, 0.05) is 31.1 Å². The van der Waals surface area contributed by atoms with Crippen LogP contribution in [0.4, 0.5) is 5.69 Å². The topological polar surface area (TPSA) is 81.2 Å². The van der Waals surface area contributed by atoms with Gasteiger partial charge in [-0.1, -0.05) is 0 Å². The first kappa shape index (κ1) is 18.7. The molecule has 1 atom stereocenters. The number of rotatable bonds is 4. The molecule has 1 amide bonds. The Morgan fingerprint density at radius 2 is 2.15 bits per heavy atom. The lowest BCUT2D eigenvalue weighted by Gasteiger charge is -2.06. The number of fused-ring (bicyclic) bond motifs is 1. The lowest BCUT2D eigenvalue weighted by atomic mass is 10.2. The molecule has 7 heteroatoms. The van der Waals surface area contributed by atoms with E-state index in [0.29, 0.717) is 30.0 Å². The lowest BCUT2D eigenvalue weighted by molar-refractivity contribution is -0.116. The van der Waals surface area contributed by atoms with Crippen molar-refractivity contribution in [2.45, 2.75) is 32.7 Å². The van der Waals surface area contributed by atoms with Gasteiger partial charge in [-0.25, -0.2) is 4.98 Å². The second-order valence-corrected chi connectivity index (χ2v) is 4.48. The molecule has 1 unspecified atom stereocenters. The first-order chi connectivity index (χ1) is 8.54. The Hall–Kier alpha value is -1.30. The van der Waals surface area contributed by atoms with Crippen LogP contribution in [0.5, 0.6) is 0 Å². The quantitative estimate of drug-likeness (QED) is 0.907. The Labute approximate surface area is 130 Å². The summed E-state index contributed by atoms with van der Waals surface area (Å²) in [6, 6.07) is 5.45. The van der Waals surface area contributed by atoms with Crippen LogP contribution < -0.4 is 11.1 Å². The number of amides is 1. The van der Waals surface area contributed by atoms with E-state index < -0.39 is 0 Å².